The number of halogens is 1. The van der Waals surface area contributed by atoms with E-state index in [-0.39, 0.29) is 0 Å². The molecule has 0 saturated heterocycles. The molecule has 1 aromatic heterocycles. The SMILES string of the molecule is Clc1ccc(NC2CCc3ccccc32)c2cccnc12. The summed E-state index contributed by atoms with van der Waals surface area (Å²) in [7, 11) is 0. The predicted molar refractivity (Wildman–Crippen MR) is 87.9 cm³/mol. The van der Waals surface area contributed by atoms with Crippen molar-refractivity contribution in [2.75, 3.05) is 5.32 Å². The smallest absolute Gasteiger partial charge is 0.0908 e. The highest BCUT2D eigenvalue weighted by Gasteiger charge is 2.22. The molecule has 21 heavy (non-hydrogen) atoms. The van der Waals surface area contributed by atoms with E-state index in [0.717, 1.165) is 29.4 Å². The number of rotatable bonds is 2. The van der Waals surface area contributed by atoms with Crippen molar-refractivity contribution in [3.63, 3.8) is 0 Å². The van der Waals surface area contributed by atoms with Gasteiger partial charge in [0.1, 0.15) is 0 Å². The fraction of sp³-hybridized carbons (Fsp3) is 0.167. The lowest BCUT2D eigenvalue weighted by Crippen LogP contribution is -2.07. The Labute approximate surface area is 128 Å². The van der Waals surface area contributed by atoms with Crippen molar-refractivity contribution in [2.45, 2.75) is 18.9 Å². The van der Waals surface area contributed by atoms with Gasteiger partial charge in [-0.2, -0.15) is 0 Å². The molecule has 0 spiro atoms. The number of fused-ring (bicyclic) bond motifs is 2. The third-order valence-electron chi connectivity index (χ3n) is 4.18. The second-order valence-corrected chi connectivity index (χ2v) is 5.84. The molecular weight excluding hydrogens is 280 g/mol. The molecule has 0 fully saturated rings. The zero-order valence-corrected chi connectivity index (χ0v) is 12.3. The molecule has 1 N–H and O–H groups in total. The van der Waals surface area contributed by atoms with Crippen LogP contribution >= 0.6 is 11.6 Å². The van der Waals surface area contributed by atoms with Crippen LogP contribution in [0.2, 0.25) is 5.02 Å². The van der Waals surface area contributed by atoms with Gasteiger partial charge in [-0.05, 0) is 48.2 Å². The molecule has 1 unspecified atom stereocenters. The normalized spacial score (nSPS) is 16.9. The summed E-state index contributed by atoms with van der Waals surface area (Å²) in [6, 6.07) is 17.0. The van der Waals surface area contributed by atoms with E-state index in [0.29, 0.717) is 11.1 Å². The Kier molecular flexibility index (Phi) is 3.04. The number of pyridine rings is 1. The zero-order valence-electron chi connectivity index (χ0n) is 11.5. The van der Waals surface area contributed by atoms with Gasteiger partial charge in [-0.25, -0.2) is 0 Å². The minimum absolute atomic E-state index is 0.366. The minimum atomic E-state index is 0.366. The van der Waals surface area contributed by atoms with Gasteiger partial charge in [0.05, 0.1) is 16.6 Å². The highest BCUT2D eigenvalue weighted by molar-refractivity contribution is 6.35. The van der Waals surface area contributed by atoms with E-state index < -0.39 is 0 Å². The number of nitrogens with zero attached hydrogens (tertiary/aromatic N) is 1. The molecule has 1 atom stereocenters. The van der Waals surface area contributed by atoms with Crippen molar-refractivity contribution in [1.29, 1.82) is 0 Å². The van der Waals surface area contributed by atoms with E-state index in [9.17, 15) is 0 Å². The van der Waals surface area contributed by atoms with Gasteiger partial charge in [0.15, 0.2) is 0 Å². The van der Waals surface area contributed by atoms with Crippen molar-refractivity contribution in [1.82, 2.24) is 4.98 Å². The number of anilines is 1. The molecule has 3 aromatic rings. The lowest BCUT2D eigenvalue weighted by molar-refractivity contribution is 0.763. The molecule has 2 aromatic carbocycles. The quantitative estimate of drug-likeness (QED) is 0.720. The van der Waals surface area contributed by atoms with Crippen molar-refractivity contribution in [3.8, 4) is 0 Å². The number of aryl methyl sites for hydroxylation is 1. The maximum Gasteiger partial charge on any atom is 0.0908 e. The first-order chi connectivity index (χ1) is 10.3. The van der Waals surface area contributed by atoms with E-state index >= 15 is 0 Å². The Hall–Kier alpha value is -2.06. The fourth-order valence-electron chi connectivity index (χ4n) is 3.16. The summed E-state index contributed by atoms with van der Waals surface area (Å²) < 4.78 is 0. The highest BCUT2D eigenvalue weighted by Crippen LogP contribution is 2.36. The van der Waals surface area contributed by atoms with Crippen LogP contribution < -0.4 is 5.32 Å². The Morgan fingerprint density at radius 2 is 1.95 bits per heavy atom. The molecule has 1 heterocycles. The summed E-state index contributed by atoms with van der Waals surface area (Å²) in [5, 5.41) is 5.44. The minimum Gasteiger partial charge on any atom is -0.378 e. The molecule has 3 heteroatoms. The maximum atomic E-state index is 6.24. The summed E-state index contributed by atoms with van der Waals surface area (Å²) in [4.78, 5) is 4.39. The number of hydrogen-bond acceptors (Lipinski definition) is 2. The summed E-state index contributed by atoms with van der Waals surface area (Å²) in [5.74, 6) is 0. The zero-order chi connectivity index (χ0) is 14.2. The third kappa shape index (κ3) is 2.16. The number of nitrogens with one attached hydrogen (secondary N) is 1. The molecule has 0 amide bonds. The van der Waals surface area contributed by atoms with Gasteiger partial charge in [0, 0.05) is 17.3 Å². The van der Waals surface area contributed by atoms with Crippen molar-refractivity contribution in [3.05, 3.63) is 70.9 Å². The van der Waals surface area contributed by atoms with E-state index in [1.54, 1.807) is 6.20 Å². The van der Waals surface area contributed by atoms with Crippen LogP contribution in [0.4, 0.5) is 5.69 Å². The van der Waals surface area contributed by atoms with Gasteiger partial charge in [0.2, 0.25) is 0 Å². The van der Waals surface area contributed by atoms with Gasteiger partial charge in [-0.15, -0.1) is 0 Å². The van der Waals surface area contributed by atoms with Gasteiger partial charge < -0.3 is 5.32 Å². The highest BCUT2D eigenvalue weighted by atomic mass is 35.5. The average molecular weight is 295 g/mol. The van der Waals surface area contributed by atoms with Crippen LogP contribution in [0.1, 0.15) is 23.6 Å². The van der Waals surface area contributed by atoms with Crippen LogP contribution in [0.5, 0.6) is 0 Å². The second kappa shape index (κ2) is 5.05. The van der Waals surface area contributed by atoms with Gasteiger partial charge in [0.25, 0.3) is 0 Å². The first-order valence-corrected chi connectivity index (χ1v) is 7.58. The van der Waals surface area contributed by atoms with Crippen LogP contribution in [-0.2, 0) is 6.42 Å². The van der Waals surface area contributed by atoms with Gasteiger partial charge >= 0.3 is 0 Å². The molecule has 104 valence electrons. The summed E-state index contributed by atoms with van der Waals surface area (Å²) >= 11 is 6.24. The van der Waals surface area contributed by atoms with Crippen LogP contribution in [0.3, 0.4) is 0 Å². The molecule has 0 saturated carbocycles. The molecule has 0 aliphatic heterocycles. The topological polar surface area (TPSA) is 24.9 Å². The Balaban J connectivity index is 1.75. The fourth-order valence-corrected chi connectivity index (χ4v) is 3.37. The molecule has 2 nitrogen and oxygen atoms in total. The van der Waals surface area contributed by atoms with Gasteiger partial charge in [-0.1, -0.05) is 35.9 Å². The first-order valence-electron chi connectivity index (χ1n) is 7.20. The van der Waals surface area contributed by atoms with E-state index in [1.807, 2.05) is 18.2 Å². The molecule has 0 radical (unpaired) electrons. The van der Waals surface area contributed by atoms with Crippen LogP contribution in [-0.4, -0.2) is 4.98 Å². The number of benzene rings is 2. The first kappa shape index (κ1) is 12.7. The van der Waals surface area contributed by atoms with E-state index in [2.05, 4.69) is 40.6 Å². The molecule has 4 rings (SSSR count). The number of hydrogen-bond donors (Lipinski definition) is 1. The predicted octanol–water partition coefficient (Wildman–Crippen LogP) is 4.99. The Bertz CT molecular complexity index is 813. The lowest BCUT2D eigenvalue weighted by Gasteiger charge is -2.17. The lowest BCUT2D eigenvalue weighted by atomic mass is 10.1. The molecule has 1 aliphatic carbocycles. The van der Waals surface area contributed by atoms with Crippen molar-refractivity contribution in [2.24, 2.45) is 0 Å². The standard InChI is InChI=1S/C18H15ClN2/c19-15-8-10-17(14-6-3-11-20-18(14)15)21-16-9-7-12-4-1-2-5-13(12)16/h1-6,8,10-11,16,21H,7,9H2. The largest absolute Gasteiger partial charge is 0.378 e. The Morgan fingerprint density at radius 1 is 1.05 bits per heavy atom. The van der Waals surface area contributed by atoms with Crippen molar-refractivity contribution >= 4 is 28.2 Å². The average Bonchev–Trinajstić information content (AvgIpc) is 2.94. The monoisotopic (exact) mass is 294 g/mol. The molecular formula is C18H15ClN2. The molecule has 0 bridgehead atoms. The Morgan fingerprint density at radius 3 is 2.90 bits per heavy atom. The summed E-state index contributed by atoms with van der Waals surface area (Å²) in [6.45, 7) is 0. The second-order valence-electron chi connectivity index (χ2n) is 5.43. The summed E-state index contributed by atoms with van der Waals surface area (Å²) in [5.41, 5.74) is 4.82. The number of aromatic nitrogens is 1. The van der Waals surface area contributed by atoms with E-state index in [4.69, 9.17) is 11.6 Å². The van der Waals surface area contributed by atoms with Gasteiger partial charge in [-0.3, -0.25) is 4.98 Å². The van der Waals surface area contributed by atoms with Crippen LogP contribution in [0.25, 0.3) is 10.9 Å². The van der Waals surface area contributed by atoms with Crippen LogP contribution in [0.15, 0.2) is 54.7 Å². The van der Waals surface area contributed by atoms with Crippen LogP contribution in [0, 0.1) is 0 Å². The molecule has 1 aliphatic rings. The maximum absolute atomic E-state index is 6.24. The third-order valence-corrected chi connectivity index (χ3v) is 4.49. The summed E-state index contributed by atoms with van der Waals surface area (Å²) in [6.07, 6.45) is 4.05. The van der Waals surface area contributed by atoms with E-state index in [1.165, 1.54) is 11.1 Å². The van der Waals surface area contributed by atoms with Crippen molar-refractivity contribution < 1.29 is 0 Å².